The lowest BCUT2D eigenvalue weighted by Crippen LogP contribution is -2.14. The number of carboxylic acid groups (broad SMARTS) is 1. The Morgan fingerprint density at radius 3 is 2.29 bits per heavy atom. The molecule has 8 heteroatoms. The Kier molecular flexibility index (Phi) is 8.47. The van der Waals surface area contributed by atoms with E-state index in [1.165, 1.54) is 11.1 Å². The van der Waals surface area contributed by atoms with Gasteiger partial charge >= 0.3 is 5.97 Å². The van der Waals surface area contributed by atoms with Crippen molar-refractivity contribution < 1.29 is 14.7 Å². The highest BCUT2D eigenvalue weighted by Crippen LogP contribution is 2.32. The minimum Gasteiger partial charge on any atom is -0.481 e. The number of carbonyl (C=O) groups is 2. The molecule has 0 unspecified atom stereocenters. The zero-order chi connectivity index (χ0) is 25.0. The van der Waals surface area contributed by atoms with Gasteiger partial charge in [-0.25, -0.2) is 0 Å². The number of anilines is 3. The van der Waals surface area contributed by atoms with E-state index in [0.717, 1.165) is 26.9 Å². The second-order valence-electron chi connectivity index (χ2n) is 8.03. The zero-order valence-electron chi connectivity index (χ0n) is 19.0. The number of carbonyl (C=O) groups excluding carboxylic acids is 1. The molecule has 0 aliphatic rings. The van der Waals surface area contributed by atoms with Gasteiger partial charge in [-0.1, -0.05) is 51.9 Å². The smallest absolute Gasteiger partial charge is 0.303 e. The number of aliphatic carboxylic acids is 1. The molecule has 0 bridgehead atoms. The normalized spacial score (nSPS) is 10.6. The maximum atomic E-state index is 12.2. The largest absolute Gasteiger partial charge is 0.481 e. The van der Waals surface area contributed by atoms with Gasteiger partial charge in [0, 0.05) is 22.1 Å². The summed E-state index contributed by atoms with van der Waals surface area (Å²) in [4.78, 5) is 23.6. The maximum Gasteiger partial charge on any atom is 0.303 e. The van der Waals surface area contributed by atoms with Crippen molar-refractivity contribution in [2.75, 3.05) is 10.6 Å². The molecule has 0 radical (unpaired) electrons. The third-order valence-corrected chi connectivity index (χ3v) is 6.65. The van der Waals surface area contributed by atoms with Crippen LogP contribution in [0.2, 0.25) is 5.02 Å². The number of rotatable bonds is 8. The summed E-state index contributed by atoms with van der Waals surface area (Å²) < 4.78 is 0.772. The molecule has 0 saturated heterocycles. The number of halogens is 2. The van der Waals surface area contributed by atoms with Crippen LogP contribution in [0, 0.1) is 20.8 Å². The molecule has 176 valence electrons. The fourth-order valence-electron chi connectivity index (χ4n) is 3.44. The van der Waals surface area contributed by atoms with Crippen LogP contribution in [0.3, 0.4) is 0 Å². The SMILES string of the molecule is Cc1cc(C)c(C(=S)c2ccc(Nc3ccc(Br)cc3NC(=O)CCC(=O)O)cc2Cl)cc1C. The van der Waals surface area contributed by atoms with Crippen LogP contribution in [0.1, 0.15) is 40.7 Å². The Labute approximate surface area is 217 Å². The molecule has 0 aromatic heterocycles. The summed E-state index contributed by atoms with van der Waals surface area (Å²) in [5.74, 6) is -1.41. The predicted octanol–water partition coefficient (Wildman–Crippen LogP) is 7.34. The topological polar surface area (TPSA) is 78.4 Å². The molecule has 0 saturated carbocycles. The lowest BCUT2D eigenvalue weighted by molar-refractivity contribution is -0.138. The van der Waals surface area contributed by atoms with Crippen molar-refractivity contribution in [1.29, 1.82) is 0 Å². The monoisotopic (exact) mass is 558 g/mol. The highest BCUT2D eigenvalue weighted by Gasteiger charge is 2.14. The lowest BCUT2D eigenvalue weighted by Gasteiger charge is -2.16. The van der Waals surface area contributed by atoms with Gasteiger partial charge in [0.15, 0.2) is 0 Å². The van der Waals surface area contributed by atoms with Crippen LogP contribution in [0.4, 0.5) is 17.1 Å². The average molecular weight is 560 g/mol. The quantitative estimate of drug-likeness (QED) is 0.199. The Bertz CT molecular complexity index is 1290. The summed E-state index contributed by atoms with van der Waals surface area (Å²) in [6.45, 7) is 6.18. The molecule has 1 amide bonds. The number of amides is 1. The van der Waals surface area contributed by atoms with E-state index in [2.05, 4.69) is 52.5 Å². The first-order chi connectivity index (χ1) is 16.0. The Morgan fingerprint density at radius 2 is 1.62 bits per heavy atom. The molecule has 3 N–H and O–H groups in total. The molecule has 3 aromatic carbocycles. The van der Waals surface area contributed by atoms with Gasteiger partial charge in [-0.3, -0.25) is 9.59 Å². The second-order valence-corrected chi connectivity index (χ2v) is 9.76. The number of hydrogen-bond acceptors (Lipinski definition) is 4. The van der Waals surface area contributed by atoms with E-state index in [4.69, 9.17) is 28.9 Å². The molecule has 0 aliphatic heterocycles. The molecular weight excluding hydrogens is 536 g/mol. The molecular formula is C26H24BrClN2O3S. The average Bonchev–Trinajstić information content (AvgIpc) is 2.76. The number of benzene rings is 3. The van der Waals surface area contributed by atoms with Crippen LogP contribution < -0.4 is 10.6 Å². The molecule has 5 nitrogen and oxygen atoms in total. The van der Waals surface area contributed by atoms with Gasteiger partial charge in [0.2, 0.25) is 5.91 Å². The summed E-state index contributed by atoms with van der Waals surface area (Å²) in [6.07, 6.45) is -0.350. The first kappa shape index (κ1) is 25.9. The Hall–Kier alpha value is -2.74. The van der Waals surface area contributed by atoms with Gasteiger partial charge in [0.05, 0.1) is 27.7 Å². The first-order valence-corrected chi connectivity index (χ1v) is 12.1. The van der Waals surface area contributed by atoms with E-state index in [0.29, 0.717) is 21.3 Å². The van der Waals surface area contributed by atoms with E-state index in [9.17, 15) is 9.59 Å². The van der Waals surface area contributed by atoms with Gasteiger partial charge in [0.25, 0.3) is 0 Å². The predicted molar refractivity (Wildman–Crippen MR) is 146 cm³/mol. The van der Waals surface area contributed by atoms with Crippen LogP contribution in [0.25, 0.3) is 0 Å². The van der Waals surface area contributed by atoms with Crippen molar-refractivity contribution in [3.63, 3.8) is 0 Å². The fourth-order valence-corrected chi connectivity index (χ4v) is 4.53. The van der Waals surface area contributed by atoms with E-state index in [-0.39, 0.29) is 18.7 Å². The van der Waals surface area contributed by atoms with E-state index in [1.54, 1.807) is 12.1 Å². The van der Waals surface area contributed by atoms with Crippen LogP contribution in [0.5, 0.6) is 0 Å². The number of carboxylic acids is 1. The third kappa shape index (κ3) is 6.44. The Morgan fingerprint density at radius 1 is 0.912 bits per heavy atom. The van der Waals surface area contributed by atoms with Crippen LogP contribution in [0.15, 0.2) is 53.0 Å². The van der Waals surface area contributed by atoms with Crippen molar-refractivity contribution in [2.45, 2.75) is 33.6 Å². The Balaban J connectivity index is 1.84. The molecule has 0 heterocycles. The molecule has 34 heavy (non-hydrogen) atoms. The van der Waals surface area contributed by atoms with Crippen molar-refractivity contribution in [3.05, 3.63) is 85.8 Å². The second kappa shape index (κ2) is 11.1. The van der Waals surface area contributed by atoms with Crippen LogP contribution in [-0.2, 0) is 9.59 Å². The summed E-state index contributed by atoms with van der Waals surface area (Å²) in [5.41, 5.74) is 7.13. The molecule has 0 fully saturated rings. The van der Waals surface area contributed by atoms with Crippen molar-refractivity contribution in [2.24, 2.45) is 0 Å². The number of nitrogens with one attached hydrogen (secondary N) is 2. The van der Waals surface area contributed by atoms with Gasteiger partial charge < -0.3 is 15.7 Å². The third-order valence-electron chi connectivity index (χ3n) is 5.40. The minimum absolute atomic E-state index is 0.114. The highest BCUT2D eigenvalue weighted by molar-refractivity contribution is 9.10. The summed E-state index contributed by atoms with van der Waals surface area (Å²) in [7, 11) is 0. The van der Waals surface area contributed by atoms with E-state index >= 15 is 0 Å². The summed E-state index contributed by atoms with van der Waals surface area (Å²) in [5, 5.41) is 15.3. The fraction of sp³-hybridized carbons (Fsp3) is 0.192. The minimum atomic E-state index is -1.02. The van der Waals surface area contributed by atoms with Crippen LogP contribution >= 0.6 is 39.7 Å². The first-order valence-electron chi connectivity index (χ1n) is 10.6. The van der Waals surface area contributed by atoms with Gasteiger partial charge in [-0.15, -0.1) is 0 Å². The summed E-state index contributed by atoms with van der Waals surface area (Å²) >= 11 is 15.8. The highest BCUT2D eigenvalue weighted by atomic mass is 79.9. The van der Waals surface area contributed by atoms with Gasteiger partial charge in [0.1, 0.15) is 0 Å². The molecule has 3 aromatic rings. The number of hydrogen-bond donors (Lipinski definition) is 3. The number of aryl methyl sites for hydroxylation is 3. The molecule has 3 rings (SSSR count). The molecule has 0 spiro atoms. The van der Waals surface area contributed by atoms with Crippen molar-refractivity contribution in [3.8, 4) is 0 Å². The maximum absolute atomic E-state index is 12.2. The lowest BCUT2D eigenvalue weighted by atomic mass is 9.95. The summed E-state index contributed by atoms with van der Waals surface area (Å²) in [6, 6.07) is 15.2. The van der Waals surface area contributed by atoms with Gasteiger partial charge in [-0.2, -0.15) is 0 Å². The van der Waals surface area contributed by atoms with Gasteiger partial charge in [-0.05, 0) is 79.4 Å². The molecule has 0 aliphatic carbocycles. The standard InChI is InChI=1S/C26H24BrClN2O3S/c1-14-10-16(3)20(11-15(14)2)26(34)19-6-5-18(13-21(19)28)29-22-7-4-17(27)12-23(22)30-24(31)8-9-25(32)33/h4-7,10-13,29H,8-9H2,1-3H3,(H,30,31)(H,32,33). The molecule has 0 atom stereocenters. The van der Waals surface area contributed by atoms with Crippen LogP contribution in [-0.4, -0.2) is 21.8 Å². The van der Waals surface area contributed by atoms with E-state index in [1.807, 2.05) is 31.2 Å². The van der Waals surface area contributed by atoms with Crippen molar-refractivity contribution in [1.82, 2.24) is 0 Å². The van der Waals surface area contributed by atoms with Crippen molar-refractivity contribution >= 4 is 73.6 Å². The number of thiocarbonyl (C=S) groups is 1. The van der Waals surface area contributed by atoms with E-state index < -0.39 is 5.97 Å². The zero-order valence-corrected chi connectivity index (χ0v) is 22.1.